The molecule has 0 fully saturated rings. The summed E-state index contributed by atoms with van der Waals surface area (Å²) in [6.45, 7) is 0. The molecule has 2 aliphatic rings. The van der Waals surface area contributed by atoms with Crippen LogP contribution in [0.3, 0.4) is 0 Å². The van der Waals surface area contributed by atoms with Gasteiger partial charge in [-0.2, -0.15) is 5.10 Å². The topological polar surface area (TPSA) is 47.9 Å². The minimum absolute atomic E-state index is 0.267. The molecule has 2 heterocycles. The molecule has 2 aliphatic heterocycles. The van der Waals surface area contributed by atoms with Crippen LogP contribution in [-0.4, -0.2) is 11.7 Å². The molecular formula is C27H16BrCl3N4O. The fourth-order valence-electron chi connectivity index (χ4n) is 4.73. The van der Waals surface area contributed by atoms with E-state index in [1.807, 2.05) is 71.6 Å². The van der Waals surface area contributed by atoms with Crippen molar-refractivity contribution in [3.05, 3.63) is 122 Å². The lowest BCUT2D eigenvalue weighted by Crippen LogP contribution is -2.58. The largest absolute Gasteiger partial charge is 0.322 e. The maximum absolute atomic E-state index is 14.2. The lowest BCUT2D eigenvalue weighted by molar-refractivity contribution is -0.120. The van der Waals surface area contributed by atoms with E-state index in [2.05, 4.69) is 21.2 Å². The van der Waals surface area contributed by atoms with Gasteiger partial charge >= 0.3 is 0 Å². The van der Waals surface area contributed by atoms with Crippen LogP contribution in [0.25, 0.3) is 0 Å². The zero-order valence-corrected chi connectivity index (χ0v) is 22.3. The number of fused-ring (bicyclic) bond motifs is 2. The van der Waals surface area contributed by atoms with Crippen molar-refractivity contribution in [2.45, 2.75) is 5.66 Å². The van der Waals surface area contributed by atoms with Gasteiger partial charge in [-0.25, -0.2) is 5.01 Å². The van der Waals surface area contributed by atoms with Crippen LogP contribution in [0.1, 0.15) is 11.1 Å². The van der Waals surface area contributed by atoms with Crippen LogP contribution in [0.4, 0.5) is 17.1 Å². The van der Waals surface area contributed by atoms with Crippen molar-refractivity contribution in [1.29, 1.82) is 0 Å². The summed E-state index contributed by atoms with van der Waals surface area (Å²) in [5, 5.41) is 11.4. The summed E-state index contributed by atoms with van der Waals surface area (Å²) in [7, 11) is 0. The summed E-state index contributed by atoms with van der Waals surface area (Å²) < 4.78 is 0.824. The molecule has 1 atom stereocenters. The second-order valence-corrected chi connectivity index (χ2v) is 10.6. The molecule has 4 aromatic carbocycles. The summed E-state index contributed by atoms with van der Waals surface area (Å²) >= 11 is 22.8. The Hall–Kier alpha value is -3.03. The zero-order chi connectivity index (χ0) is 25.0. The summed E-state index contributed by atoms with van der Waals surface area (Å²) in [6, 6.07) is 27.7. The van der Waals surface area contributed by atoms with Gasteiger partial charge in [-0.15, -0.1) is 0 Å². The first-order chi connectivity index (χ1) is 17.4. The van der Waals surface area contributed by atoms with Gasteiger partial charge in [0.25, 0.3) is 5.91 Å². The maximum Gasteiger partial charge on any atom is 0.278 e. The average molecular weight is 599 g/mol. The maximum atomic E-state index is 14.2. The number of anilines is 3. The van der Waals surface area contributed by atoms with Gasteiger partial charge in [0, 0.05) is 42.0 Å². The van der Waals surface area contributed by atoms with E-state index in [4.69, 9.17) is 39.9 Å². The normalized spacial score (nSPS) is 18.4. The molecule has 0 aliphatic carbocycles. The van der Waals surface area contributed by atoms with E-state index in [0.717, 1.165) is 15.6 Å². The molecule has 0 radical (unpaired) electrons. The van der Waals surface area contributed by atoms with E-state index in [0.29, 0.717) is 38.0 Å². The lowest BCUT2D eigenvalue weighted by Gasteiger charge is -2.40. The molecule has 36 heavy (non-hydrogen) atoms. The Morgan fingerprint density at radius 2 is 1.42 bits per heavy atom. The predicted octanol–water partition coefficient (Wildman–Crippen LogP) is 7.90. The van der Waals surface area contributed by atoms with Crippen molar-refractivity contribution in [1.82, 2.24) is 0 Å². The van der Waals surface area contributed by atoms with Crippen LogP contribution < -0.4 is 15.2 Å². The summed E-state index contributed by atoms with van der Waals surface area (Å²) in [4.78, 5) is 16.1. The summed E-state index contributed by atoms with van der Waals surface area (Å²) in [5.41, 5.74) is 2.07. The highest BCUT2D eigenvalue weighted by Crippen LogP contribution is 2.51. The molecule has 6 rings (SSSR count). The lowest BCUT2D eigenvalue weighted by atomic mass is 9.96. The number of carbonyl (C=O) groups is 1. The molecule has 0 saturated heterocycles. The minimum atomic E-state index is -1.41. The Labute approximate surface area is 231 Å². The Kier molecular flexibility index (Phi) is 5.73. The van der Waals surface area contributed by atoms with Crippen LogP contribution in [0.5, 0.6) is 0 Å². The van der Waals surface area contributed by atoms with Crippen LogP contribution in [0.15, 0.2) is 101 Å². The van der Waals surface area contributed by atoms with E-state index >= 15 is 0 Å². The monoisotopic (exact) mass is 596 g/mol. The number of carbonyl (C=O) groups excluding carboxylic acids is 1. The van der Waals surface area contributed by atoms with E-state index in [1.54, 1.807) is 29.3 Å². The first kappa shape index (κ1) is 23.4. The smallest absolute Gasteiger partial charge is 0.278 e. The number of halogens is 4. The third-order valence-corrected chi connectivity index (χ3v) is 7.36. The van der Waals surface area contributed by atoms with E-state index in [9.17, 15) is 4.79 Å². The first-order valence-electron chi connectivity index (χ1n) is 11.0. The quantitative estimate of drug-likeness (QED) is 0.261. The molecule has 9 heteroatoms. The molecule has 1 N–H and O–H groups in total. The van der Waals surface area contributed by atoms with Crippen molar-refractivity contribution in [3.63, 3.8) is 0 Å². The second kappa shape index (κ2) is 8.82. The summed E-state index contributed by atoms with van der Waals surface area (Å²) in [5.74, 6) is 0.263. The number of hydrazone groups is 1. The molecule has 0 saturated carbocycles. The number of hydrogen-bond acceptors (Lipinski definition) is 4. The number of rotatable bonds is 3. The highest BCUT2D eigenvalue weighted by atomic mass is 79.9. The SMILES string of the molecule is O=C1Nc2ccc(Br)cc2C12N(c1cccc(Cl)c1)N=C(c1cccc(Cl)c1)N2c1cccc(Cl)c1. The molecule has 4 aromatic rings. The van der Waals surface area contributed by atoms with Gasteiger partial charge in [0.2, 0.25) is 5.66 Å². The molecule has 1 spiro atoms. The fraction of sp³-hybridized carbons (Fsp3) is 0.0370. The highest BCUT2D eigenvalue weighted by Gasteiger charge is 2.61. The number of nitrogens with zero attached hydrogens (tertiary/aromatic N) is 3. The molecule has 0 bridgehead atoms. The van der Waals surface area contributed by atoms with E-state index < -0.39 is 5.66 Å². The third-order valence-electron chi connectivity index (χ3n) is 6.16. The van der Waals surface area contributed by atoms with Crippen molar-refractivity contribution < 1.29 is 4.79 Å². The van der Waals surface area contributed by atoms with E-state index in [1.165, 1.54) is 0 Å². The van der Waals surface area contributed by atoms with Crippen molar-refractivity contribution >= 4 is 79.5 Å². The molecule has 178 valence electrons. The van der Waals surface area contributed by atoms with Gasteiger partial charge in [0.15, 0.2) is 5.84 Å². The molecule has 5 nitrogen and oxygen atoms in total. The highest BCUT2D eigenvalue weighted by molar-refractivity contribution is 9.10. The van der Waals surface area contributed by atoms with Gasteiger partial charge < -0.3 is 5.32 Å². The Bertz CT molecular complexity index is 1580. The van der Waals surface area contributed by atoms with Gasteiger partial charge in [0.05, 0.1) is 5.69 Å². The number of amides is 1. The van der Waals surface area contributed by atoms with Crippen LogP contribution in [0.2, 0.25) is 15.1 Å². The number of hydrogen-bond donors (Lipinski definition) is 1. The fourth-order valence-corrected chi connectivity index (χ4v) is 5.65. The van der Waals surface area contributed by atoms with Crippen LogP contribution in [0, 0.1) is 0 Å². The van der Waals surface area contributed by atoms with Crippen LogP contribution in [-0.2, 0) is 10.5 Å². The number of benzene rings is 4. The average Bonchev–Trinajstić information content (AvgIpc) is 3.35. The van der Waals surface area contributed by atoms with Crippen molar-refractivity contribution in [2.75, 3.05) is 15.2 Å². The Morgan fingerprint density at radius 3 is 2.11 bits per heavy atom. The number of amidine groups is 1. The van der Waals surface area contributed by atoms with Gasteiger partial charge in [-0.1, -0.05) is 75.0 Å². The van der Waals surface area contributed by atoms with Gasteiger partial charge in [-0.3, -0.25) is 9.69 Å². The zero-order valence-electron chi connectivity index (χ0n) is 18.4. The Morgan fingerprint density at radius 1 is 0.778 bits per heavy atom. The number of nitrogens with one attached hydrogen (secondary N) is 1. The summed E-state index contributed by atoms with van der Waals surface area (Å²) in [6.07, 6.45) is 0. The molecule has 1 unspecified atom stereocenters. The minimum Gasteiger partial charge on any atom is -0.322 e. The van der Waals surface area contributed by atoms with Gasteiger partial charge in [0.1, 0.15) is 0 Å². The first-order valence-corrected chi connectivity index (χ1v) is 12.9. The predicted molar refractivity (Wildman–Crippen MR) is 150 cm³/mol. The third kappa shape index (κ3) is 3.59. The molecular weight excluding hydrogens is 583 g/mol. The molecule has 1 amide bonds. The molecule has 0 aromatic heterocycles. The van der Waals surface area contributed by atoms with Gasteiger partial charge in [-0.05, 0) is 66.7 Å². The van der Waals surface area contributed by atoms with E-state index in [-0.39, 0.29) is 5.91 Å². The second-order valence-electron chi connectivity index (χ2n) is 8.36. The van der Waals surface area contributed by atoms with Crippen molar-refractivity contribution in [2.24, 2.45) is 5.10 Å². The van der Waals surface area contributed by atoms with Crippen molar-refractivity contribution in [3.8, 4) is 0 Å². The van der Waals surface area contributed by atoms with Crippen LogP contribution >= 0.6 is 50.7 Å². The standard InChI is InChI=1S/C27H16BrCl3N4O/c28-17-10-11-24-23(13-17)27(26(36)32-24)34(21-8-2-6-19(30)14-21)25(16-4-1-5-18(29)12-16)33-35(27)22-9-3-7-20(31)15-22/h1-15H,(H,32,36). The Balaban J connectivity index is 1.72.